The molecule has 2 aliphatic rings. The third-order valence-corrected chi connectivity index (χ3v) is 7.51. The summed E-state index contributed by atoms with van der Waals surface area (Å²) in [7, 11) is 0. The zero-order valence-corrected chi connectivity index (χ0v) is 22.6. The van der Waals surface area contributed by atoms with E-state index in [4.69, 9.17) is 16.3 Å². The van der Waals surface area contributed by atoms with E-state index in [0.29, 0.717) is 17.9 Å². The lowest BCUT2D eigenvalue weighted by atomic mass is 9.78. The molecule has 0 unspecified atom stereocenters. The van der Waals surface area contributed by atoms with E-state index in [1.54, 1.807) is 12.1 Å². The summed E-state index contributed by atoms with van der Waals surface area (Å²) in [6.45, 7) is 1.26. The summed E-state index contributed by atoms with van der Waals surface area (Å²) in [5.41, 5.74) is 0.189. The number of Topliss-reactive ketones (excluding diaryl/α,β-unsaturated/α-hetero) is 1. The van der Waals surface area contributed by atoms with Crippen LogP contribution in [0, 0.1) is 27.9 Å². The van der Waals surface area contributed by atoms with Crippen LogP contribution in [0.4, 0.5) is 5.69 Å². The number of halogens is 1. The highest BCUT2D eigenvalue weighted by Crippen LogP contribution is 2.39. The molecule has 0 aromatic heterocycles. The number of fused-ring (bicyclic) bond motifs is 1. The largest absolute Gasteiger partial charge is 0.457 e. The highest BCUT2D eigenvalue weighted by molar-refractivity contribution is 6.34. The molecule has 10 nitrogen and oxygen atoms in total. The van der Waals surface area contributed by atoms with E-state index < -0.39 is 46.8 Å². The van der Waals surface area contributed by atoms with E-state index in [0.717, 1.165) is 10.0 Å². The van der Waals surface area contributed by atoms with Crippen molar-refractivity contribution in [1.82, 2.24) is 10.0 Å². The Labute approximate surface area is 239 Å². The number of imide groups is 1. The molecule has 1 fully saturated rings. The van der Waals surface area contributed by atoms with Gasteiger partial charge in [0.25, 0.3) is 23.4 Å². The first-order valence-corrected chi connectivity index (χ1v) is 13.2. The average Bonchev–Trinajstić information content (AvgIpc) is 3.22. The molecule has 3 aromatic rings. The quantitative estimate of drug-likeness (QED) is 0.115. The molecule has 3 amide bonds. The third-order valence-electron chi connectivity index (χ3n) is 7.18. The number of non-ortho nitro benzene ring substituents is 1. The molecule has 3 aromatic carbocycles. The lowest BCUT2D eigenvalue weighted by Crippen LogP contribution is -2.52. The molecule has 1 heterocycles. The second kappa shape index (κ2) is 11.3. The number of allylic oxidation sites excluding steroid dienone is 2. The molecule has 1 aliphatic carbocycles. The van der Waals surface area contributed by atoms with Crippen LogP contribution in [0.2, 0.25) is 5.02 Å². The van der Waals surface area contributed by atoms with Gasteiger partial charge < -0.3 is 4.74 Å². The number of hydrogen-bond donors (Lipinski definition) is 0. The predicted octanol–water partition coefficient (Wildman–Crippen LogP) is 5.48. The van der Waals surface area contributed by atoms with Crippen LogP contribution in [0.25, 0.3) is 0 Å². The van der Waals surface area contributed by atoms with Crippen molar-refractivity contribution < 1.29 is 28.8 Å². The first kappa shape index (κ1) is 27.7. The third kappa shape index (κ3) is 5.46. The van der Waals surface area contributed by atoms with Crippen LogP contribution >= 0.6 is 11.6 Å². The Kier molecular flexibility index (Phi) is 7.67. The van der Waals surface area contributed by atoms with Gasteiger partial charge in [0.2, 0.25) is 0 Å². The van der Waals surface area contributed by atoms with Crippen molar-refractivity contribution in [1.29, 1.82) is 0 Å². The van der Waals surface area contributed by atoms with Crippen LogP contribution in [-0.4, -0.2) is 45.0 Å². The van der Waals surface area contributed by atoms with Crippen molar-refractivity contribution >= 4 is 40.8 Å². The zero-order chi connectivity index (χ0) is 29.3. The fourth-order valence-electron chi connectivity index (χ4n) is 5.08. The highest BCUT2D eigenvalue weighted by Gasteiger charge is 2.53. The molecular formula is C30H24ClN3O7. The van der Waals surface area contributed by atoms with E-state index in [9.17, 15) is 29.3 Å². The molecule has 11 heteroatoms. The molecule has 0 radical (unpaired) electrons. The number of ketones is 1. The van der Waals surface area contributed by atoms with Gasteiger partial charge in [0.15, 0.2) is 5.78 Å². The Morgan fingerprint density at radius 2 is 1.63 bits per heavy atom. The van der Waals surface area contributed by atoms with Gasteiger partial charge in [-0.1, -0.05) is 42.8 Å². The lowest BCUT2D eigenvalue weighted by molar-refractivity contribution is -0.384. The Bertz CT molecular complexity index is 1570. The minimum absolute atomic E-state index is 0.0513. The minimum atomic E-state index is -0.747. The van der Waals surface area contributed by atoms with Crippen LogP contribution < -0.4 is 4.74 Å². The van der Waals surface area contributed by atoms with Gasteiger partial charge in [0.05, 0.1) is 27.3 Å². The van der Waals surface area contributed by atoms with Crippen molar-refractivity contribution in [2.24, 2.45) is 17.8 Å². The highest BCUT2D eigenvalue weighted by atomic mass is 35.5. The first-order chi connectivity index (χ1) is 19.7. The molecule has 0 saturated carbocycles. The Balaban J connectivity index is 1.39. The number of rotatable bonds is 8. The maximum atomic E-state index is 13.7. The first-order valence-electron chi connectivity index (χ1n) is 12.8. The van der Waals surface area contributed by atoms with Crippen LogP contribution in [0.1, 0.15) is 34.1 Å². The number of amides is 3. The van der Waals surface area contributed by atoms with Crippen molar-refractivity contribution in [3.8, 4) is 11.5 Å². The molecule has 3 atom stereocenters. The van der Waals surface area contributed by atoms with Gasteiger partial charge in [-0.05, 0) is 60.9 Å². The Hall–Kier alpha value is -4.83. The number of nitro benzene ring substituents is 1. The van der Waals surface area contributed by atoms with E-state index in [-0.39, 0.29) is 27.8 Å². The van der Waals surface area contributed by atoms with Crippen LogP contribution in [0.15, 0.2) is 84.9 Å². The number of carbonyl (C=O) groups excluding carboxylic acids is 4. The van der Waals surface area contributed by atoms with Crippen LogP contribution in [0.5, 0.6) is 11.5 Å². The van der Waals surface area contributed by atoms with Crippen LogP contribution in [0.3, 0.4) is 0 Å². The van der Waals surface area contributed by atoms with Crippen molar-refractivity contribution in [2.45, 2.75) is 13.3 Å². The summed E-state index contributed by atoms with van der Waals surface area (Å²) in [4.78, 5) is 64.3. The smallest absolute Gasteiger partial charge is 0.274 e. The summed E-state index contributed by atoms with van der Waals surface area (Å²) in [5, 5.41) is 12.7. The van der Waals surface area contributed by atoms with Gasteiger partial charge in [-0.15, -0.1) is 0 Å². The van der Waals surface area contributed by atoms with Gasteiger partial charge in [0.1, 0.15) is 18.0 Å². The maximum Gasteiger partial charge on any atom is 0.274 e. The SMILES string of the molecule is C[C@@H]1C=CC[C@@H]2C(=O)N(N(CC(=O)c3ccc(Oc4ccc([N+](=O)[O-])cc4)cc3)C(=O)c3ccccc3Cl)C(=O)[C@@H]12. The molecule has 1 aliphatic heterocycles. The van der Waals surface area contributed by atoms with E-state index >= 15 is 0 Å². The summed E-state index contributed by atoms with van der Waals surface area (Å²) in [6.07, 6.45) is 4.10. The number of carbonyl (C=O) groups is 4. The summed E-state index contributed by atoms with van der Waals surface area (Å²) < 4.78 is 5.70. The lowest BCUT2D eigenvalue weighted by Gasteiger charge is -2.30. The molecule has 41 heavy (non-hydrogen) atoms. The van der Waals surface area contributed by atoms with Crippen LogP contribution in [-0.2, 0) is 9.59 Å². The fourth-order valence-corrected chi connectivity index (χ4v) is 5.30. The topological polar surface area (TPSA) is 127 Å². The molecule has 0 N–H and O–H groups in total. The summed E-state index contributed by atoms with van der Waals surface area (Å²) >= 11 is 6.27. The molecule has 208 valence electrons. The number of nitrogens with zero attached hydrogens (tertiary/aromatic N) is 3. The van der Waals surface area contributed by atoms with E-state index in [1.165, 1.54) is 60.7 Å². The average molecular weight is 574 g/mol. The van der Waals surface area contributed by atoms with Gasteiger partial charge >= 0.3 is 0 Å². The standard InChI is InChI=1S/C30H24ClN3O7/c1-18-5-4-7-24-27(18)30(38)33(29(24)37)32(28(36)23-6-2-3-8-25(23)31)17-26(35)19-9-13-21(14-10-19)41-22-15-11-20(12-16-22)34(39)40/h2-6,8-16,18,24,27H,7,17H2,1H3/t18-,24+,27+/m1/s1. The van der Waals surface area contributed by atoms with Gasteiger partial charge in [-0.2, -0.15) is 5.01 Å². The number of hydrazine groups is 1. The molecule has 0 bridgehead atoms. The fraction of sp³-hybridized carbons (Fsp3) is 0.200. The van der Waals surface area contributed by atoms with Crippen molar-refractivity contribution in [3.05, 3.63) is 111 Å². The van der Waals surface area contributed by atoms with Crippen molar-refractivity contribution in [3.63, 3.8) is 0 Å². The van der Waals surface area contributed by atoms with E-state index in [2.05, 4.69) is 0 Å². The van der Waals surface area contributed by atoms with Crippen molar-refractivity contribution in [2.75, 3.05) is 6.54 Å². The Morgan fingerprint density at radius 3 is 2.24 bits per heavy atom. The Morgan fingerprint density at radius 1 is 1.00 bits per heavy atom. The number of nitro groups is 1. The monoisotopic (exact) mass is 573 g/mol. The zero-order valence-electron chi connectivity index (χ0n) is 21.8. The summed E-state index contributed by atoms with van der Waals surface area (Å²) in [5.74, 6) is -3.04. The number of hydrogen-bond acceptors (Lipinski definition) is 7. The van der Waals surface area contributed by atoms with Gasteiger partial charge in [-0.3, -0.25) is 29.3 Å². The predicted molar refractivity (Wildman–Crippen MR) is 148 cm³/mol. The minimum Gasteiger partial charge on any atom is -0.457 e. The number of benzene rings is 3. The summed E-state index contributed by atoms with van der Waals surface area (Å²) in [6, 6.07) is 17.8. The molecular weight excluding hydrogens is 550 g/mol. The number of ether oxygens (including phenoxy) is 1. The molecule has 5 rings (SSSR count). The van der Waals surface area contributed by atoms with Gasteiger partial charge in [-0.25, -0.2) is 5.01 Å². The van der Waals surface area contributed by atoms with E-state index in [1.807, 2.05) is 19.1 Å². The molecule has 1 saturated heterocycles. The normalized spacial score (nSPS) is 19.6. The second-order valence-electron chi connectivity index (χ2n) is 9.79. The molecule has 0 spiro atoms. The second-order valence-corrected chi connectivity index (χ2v) is 10.2. The van der Waals surface area contributed by atoms with Gasteiger partial charge in [0, 0.05) is 17.7 Å². The maximum absolute atomic E-state index is 13.7.